The van der Waals surface area contributed by atoms with Crippen molar-refractivity contribution in [3.05, 3.63) is 88.9 Å². The van der Waals surface area contributed by atoms with E-state index in [9.17, 15) is 9.59 Å². The Hall–Kier alpha value is -3.60. The molecule has 3 aromatic rings. The second kappa shape index (κ2) is 6.61. The first-order chi connectivity index (χ1) is 13.0. The number of carbonyl (C=O) groups is 2. The monoisotopic (exact) mass is 355 g/mol. The van der Waals surface area contributed by atoms with Gasteiger partial charge in [-0.15, -0.1) is 0 Å². The molecule has 1 aliphatic rings. The first kappa shape index (κ1) is 16.8. The number of aromatic nitrogens is 2. The van der Waals surface area contributed by atoms with E-state index >= 15 is 0 Å². The molecule has 0 amide bonds. The predicted molar refractivity (Wildman–Crippen MR) is 104 cm³/mol. The van der Waals surface area contributed by atoms with Gasteiger partial charge in [-0.05, 0) is 32.0 Å². The maximum Gasteiger partial charge on any atom is 0.213 e. The molecule has 1 heterocycles. The van der Waals surface area contributed by atoms with E-state index in [4.69, 9.17) is 0 Å². The number of para-hydroxylation sites is 1. The summed E-state index contributed by atoms with van der Waals surface area (Å²) < 4.78 is 0. The van der Waals surface area contributed by atoms with Crippen molar-refractivity contribution < 1.29 is 9.59 Å². The number of benzene rings is 2. The number of hydrogen-bond acceptors (Lipinski definition) is 5. The number of hydrogen-bond donors (Lipinski definition) is 1. The van der Waals surface area contributed by atoms with Gasteiger partial charge >= 0.3 is 0 Å². The Morgan fingerprint density at radius 3 is 2.41 bits per heavy atom. The van der Waals surface area contributed by atoms with Gasteiger partial charge in [0.05, 0.1) is 17.0 Å². The highest BCUT2D eigenvalue weighted by Crippen LogP contribution is 2.26. The molecule has 2 aromatic carbocycles. The Morgan fingerprint density at radius 1 is 0.889 bits per heavy atom. The van der Waals surface area contributed by atoms with Crippen molar-refractivity contribution >= 4 is 17.3 Å². The lowest BCUT2D eigenvalue weighted by atomic mass is 9.95. The summed E-state index contributed by atoms with van der Waals surface area (Å²) in [4.78, 5) is 34.5. The highest BCUT2D eigenvalue weighted by atomic mass is 16.1. The molecule has 1 aliphatic carbocycles. The number of nitrogens with one attached hydrogen (secondary N) is 1. The fraction of sp³-hybridized carbons (Fsp3) is 0.0909. The molecule has 5 heteroatoms. The number of fused-ring (bicyclic) bond motifs is 1. The summed E-state index contributed by atoms with van der Waals surface area (Å²) in [6.45, 7) is 3.71. The minimum atomic E-state index is -0.303. The van der Waals surface area contributed by atoms with Crippen molar-refractivity contribution in [3.8, 4) is 11.4 Å². The third-order valence-corrected chi connectivity index (χ3v) is 4.40. The Balaban J connectivity index is 1.76. The minimum Gasteiger partial charge on any atom is -0.352 e. The maximum absolute atomic E-state index is 12.9. The van der Waals surface area contributed by atoms with Crippen molar-refractivity contribution in [3.63, 3.8) is 0 Å². The first-order valence-electron chi connectivity index (χ1n) is 8.61. The van der Waals surface area contributed by atoms with Crippen LogP contribution in [0.4, 0.5) is 5.69 Å². The first-order valence-corrected chi connectivity index (χ1v) is 8.61. The molecule has 0 atom stereocenters. The summed E-state index contributed by atoms with van der Waals surface area (Å²) in [6.07, 6.45) is 1.31. The maximum atomic E-state index is 12.9. The van der Waals surface area contributed by atoms with Crippen molar-refractivity contribution in [1.29, 1.82) is 0 Å². The normalized spacial score (nSPS) is 13.2. The summed E-state index contributed by atoms with van der Waals surface area (Å²) >= 11 is 0. The topological polar surface area (TPSA) is 72.0 Å². The molecule has 0 saturated heterocycles. The number of anilines is 1. The summed E-state index contributed by atoms with van der Waals surface area (Å²) in [5.41, 5.74) is 3.77. The van der Waals surface area contributed by atoms with E-state index in [1.54, 1.807) is 6.92 Å². The van der Waals surface area contributed by atoms with Gasteiger partial charge in [0.1, 0.15) is 5.69 Å². The van der Waals surface area contributed by atoms with E-state index in [0.29, 0.717) is 11.5 Å². The zero-order valence-electron chi connectivity index (χ0n) is 15.0. The van der Waals surface area contributed by atoms with Crippen LogP contribution in [0.2, 0.25) is 0 Å². The molecule has 4 rings (SSSR count). The Kier molecular flexibility index (Phi) is 4.12. The van der Waals surface area contributed by atoms with Gasteiger partial charge in [0.25, 0.3) is 0 Å². The van der Waals surface area contributed by atoms with Gasteiger partial charge in [-0.3, -0.25) is 9.59 Å². The summed E-state index contributed by atoms with van der Waals surface area (Å²) in [6, 6.07) is 17.0. The van der Waals surface area contributed by atoms with Crippen molar-refractivity contribution in [1.82, 2.24) is 9.97 Å². The third-order valence-electron chi connectivity index (χ3n) is 4.40. The molecular weight excluding hydrogens is 338 g/mol. The molecule has 0 radical (unpaired) electrons. The Bertz CT molecular complexity index is 1100. The van der Waals surface area contributed by atoms with Crippen LogP contribution in [-0.2, 0) is 0 Å². The molecule has 0 saturated carbocycles. The minimum absolute atomic E-state index is 0.155. The highest BCUT2D eigenvalue weighted by Gasteiger charge is 2.30. The van der Waals surface area contributed by atoms with E-state index in [-0.39, 0.29) is 28.5 Å². The van der Waals surface area contributed by atoms with Crippen LogP contribution in [0.1, 0.15) is 32.1 Å². The number of carbonyl (C=O) groups excluding carboxylic acids is 2. The van der Waals surface area contributed by atoms with E-state index in [1.165, 1.54) is 6.08 Å². The fourth-order valence-electron chi connectivity index (χ4n) is 3.11. The van der Waals surface area contributed by atoms with Gasteiger partial charge in [0.2, 0.25) is 11.6 Å². The quantitative estimate of drug-likeness (QED) is 0.765. The van der Waals surface area contributed by atoms with Crippen molar-refractivity contribution in [2.24, 2.45) is 0 Å². The van der Waals surface area contributed by atoms with Crippen LogP contribution in [0.15, 0.2) is 66.4 Å². The van der Waals surface area contributed by atoms with Gasteiger partial charge in [-0.1, -0.05) is 42.0 Å². The standard InChI is InChI=1S/C22H17N3O2/c1-13-7-6-8-15(11-13)22-23-14(2)19-20(25-22)18(26)12-17(21(19)27)24-16-9-4-3-5-10-16/h3-12,24H,1-2H3. The largest absolute Gasteiger partial charge is 0.352 e. The van der Waals surface area contributed by atoms with Crippen LogP contribution >= 0.6 is 0 Å². The van der Waals surface area contributed by atoms with Crippen LogP contribution in [-0.4, -0.2) is 21.5 Å². The van der Waals surface area contributed by atoms with E-state index in [0.717, 1.165) is 16.8 Å². The van der Waals surface area contributed by atoms with E-state index < -0.39 is 0 Å². The highest BCUT2D eigenvalue weighted by molar-refractivity contribution is 6.25. The lowest BCUT2D eigenvalue weighted by Gasteiger charge is -2.18. The molecule has 27 heavy (non-hydrogen) atoms. The van der Waals surface area contributed by atoms with Crippen LogP contribution in [0.3, 0.4) is 0 Å². The predicted octanol–water partition coefficient (Wildman–Crippen LogP) is 4.14. The van der Waals surface area contributed by atoms with Gasteiger partial charge in [-0.2, -0.15) is 0 Å². The molecule has 132 valence electrons. The number of allylic oxidation sites excluding steroid dienone is 2. The number of rotatable bonds is 3. The van der Waals surface area contributed by atoms with Crippen LogP contribution < -0.4 is 5.32 Å². The summed E-state index contributed by atoms with van der Waals surface area (Å²) in [5, 5.41) is 3.02. The molecule has 0 spiro atoms. The van der Waals surface area contributed by atoms with Gasteiger partial charge < -0.3 is 5.32 Å². The lowest BCUT2D eigenvalue weighted by Crippen LogP contribution is -2.25. The third kappa shape index (κ3) is 3.15. The van der Waals surface area contributed by atoms with Crippen molar-refractivity contribution in [2.45, 2.75) is 13.8 Å². The number of ketones is 2. The molecule has 5 nitrogen and oxygen atoms in total. The fourth-order valence-corrected chi connectivity index (χ4v) is 3.11. The number of nitrogens with zero attached hydrogens (tertiary/aromatic N) is 2. The van der Waals surface area contributed by atoms with Crippen molar-refractivity contribution in [2.75, 3.05) is 5.32 Å². The Morgan fingerprint density at radius 2 is 1.67 bits per heavy atom. The molecule has 1 aromatic heterocycles. The molecular formula is C22H17N3O2. The molecule has 0 unspecified atom stereocenters. The smallest absolute Gasteiger partial charge is 0.213 e. The van der Waals surface area contributed by atoms with Crippen LogP contribution in [0.25, 0.3) is 11.4 Å². The van der Waals surface area contributed by atoms with E-state index in [2.05, 4.69) is 15.3 Å². The molecule has 1 N–H and O–H groups in total. The number of Topliss-reactive ketones (excluding diaryl/α,β-unsaturated/α-hetero) is 1. The van der Waals surface area contributed by atoms with Gasteiger partial charge in [0.15, 0.2) is 5.82 Å². The molecule has 0 aliphatic heterocycles. The van der Waals surface area contributed by atoms with Crippen LogP contribution in [0, 0.1) is 13.8 Å². The van der Waals surface area contributed by atoms with E-state index in [1.807, 2.05) is 61.5 Å². The van der Waals surface area contributed by atoms with Gasteiger partial charge in [-0.25, -0.2) is 9.97 Å². The Labute approximate surface area is 156 Å². The van der Waals surface area contributed by atoms with Gasteiger partial charge in [0, 0.05) is 17.3 Å². The second-order valence-electron chi connectivity index (χ2n) is 6.47. The molecule has 0 fully saturated rings. The van der Waals surface area contributed by atoms with Crippen LogP contribution in [0.5, 0.6) is 0 Å². The molecule has 0 bridgehead atoms. The summed E-state index contributed by atoms with van der Waals surface area (Å²) in [5.74, 6) is -0.131. The SMILES string of the molecule is Cc1cccc(-c2nc(C)c3c(n2)C(=O)C=C(Nc2ccccc2)C3=O)c1. The average Bonchev–Trinajstić information content (AvgIpc) is 2.66. The number of aryl methyl sites for hydroxylation is 2. The summed E-state index contributed by atoms with van der Waals surface area (Å²) in [7, 11) is 0. The zero-order chi connectivity index (χ0) is 19.0. The average molecular weight is 355 g/mol. The zero-order valence-corrected chi connectivity index (χ0v) is 15.0. The lowest BCUT2D eigenvalue weighted by molar-refractivity contribution is 0.0981. The second-order valence-corrected chi connectivity index (χ2v) is 6.47.